The number of rotatable bonds is 3. The van der Waals surface area contributed by atoms with Crippen molar-refractivity contribution in [3.63, 3.8) is 0 Å². The highest BCUT2D eigenvalue weighted by atomic mass is 32.1. The van der Waals surface area contributed by atoms with E-state index in [2.05, 4.69) is 22.7 Å². The van der Waals surface area contributed by atoms with E-state index in [1.54, 1.807) is 31.4 Å². The number of nitrogens with two attached hydrogens (primary N) is 2. The number of carbonyl (C=O) groups is 1. The van der Waals surface area contributed by atoms with Crippen molar-refractivity contribution in [2.24, 2.45) is 16.6 Å². The lowest BCUT2D eigenvalue weighted by Crippen LogP contribution is -2.29. The van der Waals surface area contributed by atoms with Gasteiger partial charge in [-0.25, -0.2) is 0 Å². The molecule has 8 heteroatoms. The van der Waals surface area contributed by atoms with Crippen molar-refractivity contribution in [2.45, 2.75) is 0 Å². The lowest BCUT2D eigenvalue weighted by atomic mass is 10.1. The topological polar surface area (TPSA) is 116 Å². The number of nitrogens with one attached hydrogen (secondary N) is 1. The van der Waals surface area contributed by atoms with Crippen molar-refractivity contribution in [1.82, 2.24) is 5.43 Å². The van der Waals surface area contributed by atoms with Crippen LogP contribution in [0.25, 0.3) is 11.0 Å². The molecule has 0 aliphatic rings. The third-order valence-electron chi connectivity index (χ3n) is 2.49. The fourth-order valence-corrected chi connectivity index (χ4v) is 1.65. The molecule has 1 heterocycles. The number of ether oxygens (including phenoxy) is 1. The van der Waals surface area contributed by atoms with E-state index >= 15 is 0 Å². The zero-order valence-electron chi connectivity index (χ0n) is 10.5. The first-order chi connectivity index (χ1) is 9.51. The summed E-state index contributed by atoms with van der Waals surface area (Å²) in [6, 6.07) is 6.69. The Morgan fingerprint density at radius 1 is 1.40 bits per heavy atom. The Labute approximate surface area is 119 Å². The number of methoxy groups -OCH3 is 1. The van der Waals surface area contributed by atoms with Gasteiger partial charge in [0.25, 0.3) is 5.91 Å². The number of amides is 1. The van der Waals surface area contributed by atoms with Crippen LogP contribution in [0.15, 0.2) is 33.8 Å². The summed E-state index contributed by atoms with van der Waals surface area (Å²) in [7, 11) is 1.54. The number of carbonyl (C=O) groups excluding carboxylic acids is 1. The molecule has 20 heavy (non-hydrogen) atoms. The second-order valence-electron chi connectivity index (χ2n) is 3.82. The second-order valence-corrected chi connectivity index (χ2v) is 4.26. The average molecular weight is 292 g/mol. The van der Waals surface area contributed by atoms with Gasteiger partial charge in [-0.1, -0.05) is 0 Å². The van der Waals surface area contributed by atoms with Crippen molar-refractivity contribution in [1.29, 1.82) is 0 Å². The highest BCUT2D eigenvalue weighted by molar-refractivity contribution is 7.80. The first-order valence-electron chi connectivity index (χ1n) is 5.52. The van der Waals surface area contributed by atoms with Crippen LogP contribution in [0, 0.1) is 0 Å². The van der Waals surface area contributed by atoms with Crippen molar-refractivity contribution < 1.29 is 13.9 Å². The van der Waals surface area contributed by atoms with Gasteiger partial charge in [-0.15, -0.1) is 5.10 Å². The Bertz CT molecular complexity index is 754. The molecule has 104 valence electrons. The lowest BCUT2D eigenvalue weighted by molar-refractivity contribution is 0.0996. The highest BCUT2D eigenvalue weighted by Crippen LogP contribution is 2.20. The third kappa shape index (κ3) is 2.86. The van der Waals surface area contributed by atoms with E-state index in [9.17, 15) is 4.79 Å². The Hall–Kier alpha value is -2.61. The number of nitrogens with zero attached hydrogens (tertiary/aromatic N) is 1. The minimum atomic E-state index is -0.679. The van der Waals surface area contributed by atoms with Gasteiger partial charge in [0.05, 0.1) is 7.11 Å². The Morgan fingerprint density at radius 3 is 2.75 bits per heavy atom. The van der Waals surface area contributed by atoms with E-state index in [1.165, 1.54) is 0 Å². The maximum absolute atomic E-state index is 11.4. The van der Waals surface area contributed by atoms with Gasteiger partial charge >= 0.3 is 0 Å². The van der Waals surface area contributed by atoms with Crippen molar-refractivity contribution in [3.8, 4) is 5.75 Å². The average Bonchev–Trinajstić information content (AvgIpc) is 2.43. The standard InChI is InChI=1S/C12H12N4O3S/c1-18-7-2-3-9-6(4-7)5-8(10(13)17)11(19-9)15-16-12(14)20/h2-5H,1H3,(H2,13,17)(H3,14,16,20)/b15-11+. The predicted octanol–water partition coefficient (Wildman–Crippen LogP) is 0.189. The highest BCUT2D eigenvalue weighted by Gasteiger charge is 2.10. The van der Waals surface area contributed by atoms with Crippen molar-refractivity contribution in [3.05, 3.63) is 35.4 Å². The van der Waals surface area contributed by atoms with E-state index in [1.807, 2.05) is 0 Å². The first-order valence-corrected chi connectivity index (χ1v) is 5.93. The van der Waals surface area contributed by atoms with Crippen LogP contribution in [-0.4, -0.2) is 18.1 Å². The largest absolute Gasteiger partial charge is 0.497 e. The van der Waals surface area contributed by atoms with Gasteiger partial charge < -0.3 is 20.6 Å². The Balaban J connectivity index is 2.68. The fraction of sp³-hybridized carbons (Fsp3) is 0.0833. The Morgan fingerprint density at radius 2 is 2.15 bits per heavy atom. The summed E-state index contributed by atoms with van der Waals surface area (Å²) in [6.45, 7) is 0. The minimum absolute atomic E-state index is 0.00275. The van der Waals surface area contributed by atoms with E-state index in [4.69, 9.17) is 20.6 Å². The molecule has 2 rings (SSSR count). The van der Waals surface area contributed by atoms with E-state index in [0.29, 0.717) is 16.7 Å². The lowest BCUT2D eigenvalue weighted by Gasteiger charge is -2.04. The fourth-order valence-electron chi connectivity index (χ4n) is 1.60. The van der Waals surface area contributed by atoms with Gasteiger partial charge in [0, 0.05) is 5.39 Å². The molecule has 0 spiro atoms. The van der Waals surface area contributed by atoms with Crippen LogP contribution in [-0.2, 0) is 0 Å². The van der Waals surface area contributed by atoms with Crippen LogP contribution in [0.3, 0.4) is 0 Å². The minimum Gasteiger partial charge on any atom is -0.497 e. The molecule has 0 atom stereocenters. The number of primary amides is 1. The summed E-state index contributed by atoms with van der Waals surface area (Å²) in [5.74, 6) is -0.0453. The van der Waals surface area contributed by atoms with Gasteiger partial charge in [0.1, 0.15) is 16.9 Å². The molecular weight excluding hydrogens is 280 g/mol. The van der Waals surface area contributed by atoms with Gasteiger partial charge in [0.2, 0.25) is 5.55 Å². The number of hydrogen-bond donors (Lipinski definition) is 3. The maximum Gasteiger partial charge on any atom is 0.254 e. The molecule has 0 aliphatic carbocycles. The maximum atomic E-state index is 11.4. The van der Waals surface area contributed by atoms with Crippen LogP contribution < -0.4 is 27.2 Å². The summed E-state index contributed by atoms with van der Waals surface area (Å²) in [5, 5.41) is 4.41. The second kappa shape index (κ2) is 5.57. The van der Waals surface area contributed by atoms with Gasteiger partial charge in [-0.05, 0) is 36.5 Å². The predicted molar refractivity (Wildman–Crippen MR) is 76.8 cm³/mol. The quantitative estimate of drug-likeness (QED) is 0.549. The zero-order valence-corrected chi connectivity index (χ0v) is 11.4. The first kappa shape index (κ1) is 13.8. The normalized spacial score (nSPS) is 11.3. The summed E-state index contributed by atoms with van der Waals surface area (Å²) < 4.78 is 10.6. The SMILES string of the molecule is COc1ccc2o/c(=N/NC(N)=S)c(C(N)=O)cc2c1. The number of thiocarbonyl (C=S) groups is 1. The smallest absolute Gasteiger partial charge is 0.254 e. The van der Waals surface area contributed by atoms with E-state index in [-0.39, 0.29) is 16.2 Å². The summed E-state index contributed by atoms with van der Waals surface area (Å²) in [4.78, 5) is 11.4. The molecule has 0 fully saturated rings. The Kier molecular flexibility index (Phi) is 3.85. The molecule has 0 saturated carbocycles. The van der Waals surface area contributed by atoms with Crippen LogP contribution in [0.5, 0.6) is 5.75 Å². The number of benzene rings is 1. The molecule has 1 amide bonds. The molecule has 5 N–H and O–H groups in total. The van der Waals surface area contributed by atoms with Crippen LogP contribution in [0.2, 0.25) is 0 Å². The molecule has 0 aliphatic heterocycles. The molecular formula is C12H12N4O3S. The molecule has 7 nitrogen and oxygen atoms in total. The molecule has 1 aromatic carbocycles. The summed E-state index contributed by atoms with van der Waals surface area (Å²) in [6.07, 6.45) is 0. The van der Waals surface area contributed by atoms with E-state index in [0.717, 1.165) is 0 Å². The van der Waals surface area contributed by atoms with Crippen molar-refractivity contribution in [2.75, 3.05) is 7.11 Å². The van der Waals surface area contributed by atoms with Crippen LogP contribution in [0.1, 0.15) is 10.4 Å². The molecule has 0 radical (unpaired) electrons. The molecule has 2 aromatic rings. The van der Waals surface area contributed by atoms with Gasteiger partial charge in [-0.3, -0.25) is 10.2 Å². The molecule has 0 unspecified atom stereocenters. The van der Waals surface area contributed by atoms with Crippen molar-refractivity contribution >= 4 is 34.2 Å². The summed E-state index contributed by atoms with van der Waals surface area (Å²) >= 11 is 4.63. The third-order valence-corrected chi connectivity index (χ3v) is 2.58. The molecule has 0 saturated heterocycles. The van der Waals surface area contributed by atoms with E-state index < -0.39 is 5.91 Å². The van der Waals surface area contributed by atoms with Gasteiger partial charge in [-0.2, -0.15) is 0 Å². The zero-order chi connectivity index (χ0) is 14.7. The van der Waals surface area contributed by atoms with Crippen LogP contribution >= 0.6 is 12.2 Å². The van der Waals surface area contributed by atoms with Crippen LogP contribution in [0.4, 0.5) is 0 Å². The van der Waals surface area contributed by atoms with Gasteiger partial charge in [0.15, 0.2) is 5.11 Å². The monoisotopic (exact) mass is 292 g/mol. The molecule has 0 bridgehead atoms. The summed E-state index contributed by atoms with van der Waals surface area (Å²) in [5.41, 5.74) is 13.5. The number of hydrogen-bond acceptors (Lipinski definition) is 5. The number of fused-ring (bicyclic) bond motifs is 1. The molecule has 1 aromatic heterocycles.